The maximum Gasteiger partial charge on any atom is 0.272 e. The molecule has 6 heteroatoms. The van der Waals surface area contributed by atoms with E-state index in [1.54, 1.807) is 18.2 Å². The van der Waals surface area contributed by atoms with Crippen molar-refractivity contribution in [2.24, 2.45) is 0 Å². The summed E-state index contributed by atoms with van der Waals surface area (Å²) >= 11 is 6.63. The van der Waals surface area contributed by atoms with Gasteiger partial charge in [0.2, 0.25) is 0 Å². The molecule has 0 saturated heterocycles. The minimum atomic E-state index is -0.0962. The maximum atomic E-state index is 12.4. The van der Waals surface area contributed by atoms with Gasteiger partial charge in [0.15, 0.2) is 4.77 Å². The summed E-state index contributed by atoms with van der Waals surface area (Å²) in [5.41, 5.74) is 2.12. The summed E-state index contributed by atoms with van der Waals surface area (Å²) in [7, 11) is 0. The number of fused-ring (bicyclic) bond motifs is 1. The third-order valence-electron chi connectivity index (χ3n) is 2.99. The molecule has 4 nitrogen and oxygen atoms in total. The molecule has 0 spiro atoms. The Labute approximate surface area is 123 Å². The second-order valence-corrected chi connectivity index (χ2v) is 5.60. The molecule has 20 heavy (non-hydrogen) atoms. The topological polar surface area (TPSA) is 61.6 Å². The monoisotopic (exact) mass is 299 g/mol. The number of benzene rings is 1. The summed E-state index contributed by atoms with van der Waals surface area (Å²) in [5, 5.41) is 10.8. The Kier molecular flexibility index (Phi) is 3.22. The number of nitriles is 1. The van der Waals surface area contributed by atoms with Crippen LogP contribution in [0.4, 0.5) is 0 Å². The van der Waals surface area contributed by atoms with Gasteiger partial charge in [-0.15, -0.1) is 11.3 Å². The summed E-state index contributed by atoms with van der Waals surface area (Å²) in [5.74, 6) is 0. The van der Waals surface area contributed by atoms with Crippen LogP contribution in [0.25, 0.3) is 10.2 Å². The average Bonchev–Trinajstić information content (AvgIpc) is 2.92. The third-order valence-corrected chi connectivity index (χ3v) is 4.21. The molecule has 1 aromatic carbocycles. The van der Waals surface area contributed by atoms with Crippen molar-refractivity contribution in [1.82, 2.24) is 9.55 Å². The third kappa shape index (κ3) is 2.18. The lowest BCUT2D eigenvalue weighted by Gasteiger charge is -2.06. The first kappa shape index (κ1) is 12.8. The van der Waals surface area contributed by atoms with E-state index in [1.165, 1.54) is 15.9 Å². The van der Waals surface area contributed by atoms with Gasteiger partial charge in [-0.25, -0.2) is 0 Å². The van der Waals surface area contributed by atoms with Gasteiger partial charge in [-0.2, -0.15) is 5.26 Å². The fourth-order valence-electron chi connectivity index (χ4n) is 2.04. The molecule has 98 valence electrons. The van der Waals surface area contributed by atoms with Crippen molar-refractivity contribution in [2.75, 3.05) is 0 Å². The normalized spacial score (nSPS) is 10.6. The van der Waals surface area contributed by atoms with Crippen molar-refractivity contribution in [2.45, 2.75) is 6.54 Å². The highest BCUT2D eigenvalue weighted by Gasteiger charge is 2.07. The van der Waals surface area contributed by atoms with E-state index in [1.807, 2.05) is 17.5 Å². The van der Waals surface area contributed by atoms with Crippen molar-refractivity contribution in [3.63, 3.8) is 0 Å². The molecule has 0 unspecified atom stereocenters. The minimum Gasteiger partial charge on any atom is -0.331 e. The number of aromatic nitrogens is 2. The summed E-state index contributed by atoms with van der Waals surface area (Å²) in [6.45, 7) is 0.359. The molecule has 0 aliphatic heterocycles. The lowest BCUT2D eigenvalue weighted by atomic mass is 10.1. The first-order valence-corrected chi connectivity index (χ1v) is 7.17. The Hall–Kier alpha value is -2.23. The number of hydrogen-bond acceptors (Lipinski definition) is 4. The van der Waals surface area contributed by atoms with Crippen LogP contribution in [0.1, 0.15) is 11.1 Å². The second kappa shape index (κ2) is 5.04. The number of hydrogen-bond donors (Lipinski definition) is 1. The van der Waals surface area contributed by atoms with Crippen LogP contribution in [0.5, 0.6) is 0 Å². The summed E-state index contributed by atoms with van der Waals surface area (Å²) in [6, 6.07) is 11.1. The number of rotatable bonds is 2. The van der Waals surface area contributed by atoms with Gasteiger partial charge in [-0.3, -0.25) is 9.36 Å². The lowest BCUT2D eigenvalue weighted by Crippen LogP contribution is -2.21. The second-order valence-electron chi connectivity index (χ2n) is 4.30. The Balaban J connectivity index is 2.13. The zero-order valence-corrected chi connectivity index (χ0v) is 11.9. The predicted octanol–water partition coefficient (Wildman–Crippen LogP) is 3.04. The van der Waals surface area contributed by atoms with E-state index >= 15 is 0 Å². The zero-order valence-electron chi connectivity index (χ0n) is 10.3. The highest BCUT2D eigenvalue weighted by Crippen LogP contribution is 2.14. The van der Waals surface area contributed by atoms with Crippen LogP contribution in [0.15, 0.2) is 40.5 Å². The SMILES string of the molecule is N#Cc1cccc(Cn2c(=S)[nH]c3ccsc3c2=O)c1. The summed E-state index contributed by atoms with van der Waals surface area (Å²) in [6.07, 6.45) is 0. The van der Waals surface area contributed by atoms with Gasteiger partial charge in [0.05, 0.1) is 23.7 Å². The van der Waals surface area contributed by atoms with Crippen molar-refractivity contribution < 1.29 is 0 Å². The Morgan fingerprint density at radius 2 is 2.25 bits per heavy atom. The van der Waals surface area contributed by atoms with Crippen LogP contribution in [0.3, 0.4) is 0 Å². The molecule has 0 saturated carbocycles. The van der Waals surface area contributed by atoms with Crippen LogP contribution < -0.4 is 5.56 Å². The van der Waals surface area contributed by atoms with Gasteiger partial charge >= 0.3 is 0 Å². The molecule has 1 N–H and O–H groups in total. The zero-order chi connectivity index (χ0) is 14.1. The van der Waals surface area contributed by atoms with E-state index in [9.17, 15) is 4.79 Å². The van der Waals surface area contributed by atoms with Crippen LogP contribution >= 0.6 is 23.6 Å². The molecule has 0 amide bonds. The molecule has 2 heterocycles. The molecule has 0 aliphatic rings. The first-order chi connectivity index (χ1) is 9.69. The lowest BCUT2D eigenvalue weighted by molar-refractivity contribution is 0.735. The number of aromatic amines is 1. The molecule has 0 bridgehead atoms. The van der Waals surface area contributed by atoms with Crippen LogP contribution in [-0.4, -0.2) is 9.55 Å². The van der Waals surface area contributed by atoms with E-state index in [2.05, 4.69) is 11.1 Å². The number of nitrogens with one attached hydrogen (secondary N) is 1. The fraction of sp³-hybridized carbons (Fsp3) is 0.0714. The molecule has 3 rings (SSSR count). The van der Waals surface area contributed by atoms with Gasteiger partial charge in [0.1, 0.15) is 4.70 Å². The van der Waals surface area contributed by atoms with Crippen molar-refractivity contribution in [1.29, 1.82) is 5.26 Å². The maximum absolute atomic E-state index is 12.4. The molecule has 2 aromatic heterocycles. The smallest absolute Gasteiger partial charge is 0.272 e. The Bertz CT molecular complexity index is 943. The highest BCUT2D eigenvalue weighted by atomic mass is 32.1. The van der Waals surface area contributed by atoms with Crippen molar-refractivity contribution >= 4 is 33.8 Å². The van der Waals surface area contributed by atoms with E-state index < -0.39 is 0 Å². The molecule has 0 aliphatic carbocycles. The van der Waals surface area contributed by atoms with Gasteiger partial charge in [0, 0.05) is 0 Å². The van der Waals surface area contributed by atoms with Crippen molar-refractivity contribution in [3.05, 3.63) is 62.0 Å². The Morgan fingerprint density at radius 3 is 3.05 bits per heavy atom. The van der Waals surface area contributed by atoms with Crippen molar-refractivity contribution in [3.8, 4) is 6.07 Å². The first-order valence-electron chi connectivity index (χ1n) is 5.88. The molecular formula is C14H9N3OS2. The standard InChI is InChI=1S/C14H9N3OS2/c15-7-9-2-1-3-10(6-9)8-17-13(18)12-11(4-5-20-12)16-14(17)19/h1-6H,8H2,(H,16,19). The molecule has 0 fully saturated rings. The quantitative estimate of drug-likeness (QED) is 0.740. The van der Waals surface area contributed by atoms with E-state index in [4.69, 9.17) is 17.5 Å². The number of thiophene rings is 1. The molecular weight excluding hydrogens is 290 g/mol. The van der Waals surface area contributed by atoms with Crippen LogP contribution in [0.2, 0.25) is 0 Å². The average molecular weight is 299 g/mol. The summed E-state index contributed by atoms with van der Waals surface area (Å²) in [4.78, 5) is 15.4. The van der Waals surface area contributed by atoms with Gasteiger partial charge in [-0.05, 0) is 41.4 Å². The summed E-state index contributed by atoms with van der Waals surface area (Å²) < 4.78 is 2.57. The van der Waals surface area contributed by atoms with Gasteiger partial charge in [-0.1, -0.05) is 12.1 Å². The van der Waals surface area contributed by atoms with Crippen LogP contribution in [0, 0.1) is 16.1 Å². The minimum absolute atomic E-state index is 0.0962. The largest absolute Gasteiger partial charge is 0.331 e. The van der Waals surface area contributed by atoms with E-state index in [0.717, 1.165) is 11.1 Å². The predicted molar refractivity (Wildman–Crippen MR) is 81.5 cm³/mol. The molecule has 0 radical (unpaired) electrons. The molecule has 3 aromatic rings. The van der Waals surface area contributed by atoms with E-state index in [-0.39, 0.29) is 5.56 Å². The highest BCUT2D eigenvalue weighted by molar-refractivity contribution is 7.71. The Morgan fingerprint density at radius 1 is 1.40 bits per heavy atom. The van der Waals surface area contributed by atoms with Gasteiger partial charge < -0.3 is 4.98 Å². The number of H-pyrrole nitrogens is 1. The van der Waals surface area contributed by atoms with Crippen LogP contribution in [-0.2, 0) is 6.54 Å². The van der Waals surface area contributed by atoms with E-state index in [0.29, 0.717) is 21.6 Å². The number of nitrogens with zero attached hydrogens (tertiary/aromatic N) is 2. The molecule has 0 atom stereocenters. The van der Waals surface area contributed by atoms with Gasteiger partial charge in [0.25, 0.3) is 5.56 Å². The fourth-order valence-corrected chi connectivity index (χ4v) is 3.09.